The molecule has 0 saturated heterocycles. The number of halogens is 3. The van der Waals surface area contributed by atoms with Crippen LogP contribution in [0.2, 0.25) is 0 Å². The zero-order chi connectivity index (χ0) is 48.0. The molecule has 1 aliphatic carbocycles. The Kier molecular flexibility index (Phi) is 13.8. The Morgan fingerprint density at radius 1 is 0.507 bits per heavy atom. The van der Waals surface area contributed by atoms with Gasteiger partial charge in [0.2, 0.25) is 0 Å². The molecule has 1 N–H and O–H groups in total. The first-order valence-corrected chi connectivity index (χ1v) is 22.6. The molecule has 7 aromatic carbocycles. The molecule has 14 heteroatoms. The molecule has 0 aromatic heterocycles. The van der Waals surface area contributed by atoms with E-state index in [1.807, 2.05) is 48.5 Å². The smallest absolute Gasteiger partial charge is 0.430 e. The minimum absolute atomic E-state index is 0.0957. The molecule has 69 heavy (non-hydrogen) atoms. The molecule has 11 nitrogen and oxygen atoms in total. The first-order valence-electron chi connectivity index (χ1n) is 22.6. The molecule has 1 amide bonds. The normalized spacial score (nSPS) is 16.4. The fourth-order valence-corrected chi connectivity index (χ4v) is 9.48. The van der Waals surface area contributed by atoms with Crippen LogP contribution in [0.25, 0.3) is 43.8 Å². The van der Waals surface area contributed by atoms with Crippen LogP contribution in [0.5, 0.6) is 23.0 Å². The number of amides is 1. The van der Waals surface area contributed by atoms with Gasteiger partial charge in [-0.3, -0.25) is 4.79 Å². The third-order valence-corrected chi connectivity index (χ3v) is 12.6. The van der Waals surface area contributed by atoms with Gasteiger partial charge in [0.15, 0.2) is 0 Å². The van der Waals surface area contributed by atoms with E-state index >= 15 is 13.2 Å². The van der Waals surface area contributed by atoms with Gasteiger partial charge in [0, 0.05) is 47.8 Å². The lowest BCUT2D eigenvalue weighted by molar-refractivity contribution is -0.266. The van der Waals surface area contributed by atoms with Gasteiger partial charge in [-0.15, -0.1) is 0 Å². The van der Waals surface area contributed by atoms with Crippen LogP contribution >= 0.6 is 0 Å². The summed E-state index contributed by atoms with van der Waals surface area (Å²) >= 11 is 0. The second-order valence-corrected chi connectivity index (χ2v) is 16.6. The van der Waals surface area contributed by atoms with Crippen LogP contribution in [0.15, 0.2) is 140 Å². The van der Waals surface area contributed by atoms with Crippen molar-refractivity contribution in [1.29, 1.82) is 0 Å². The third kappa shape index (κ3) is 9.15. The number of methoxy groups -OCH3 is 2. The van der Waals surface area contributed by atoms with E-state index in [1.165, 1.54) is 18.2 Å². The zero-order valence-electron chi connectivity index (χ0n) is 38.1. The topological polar surface area (TPSA) is 120 Å². The predicted molar refractivity (Wildman–Crippen MR) is 254 cm³/mol. The van der Waals surface area contributed by atoms with E-state index in [0.29, 0.717) is 45.3 Å². The van der Waals surface area contributed by atoms with Gasteiger partial charge >= 0.3 is 12.1 Å². The Morgan fingerprint density at radius 3 is 1.38 bits per heavy atom. The molecular formula is C55H50F3NO10. The Morgan fingerprint density at radius 2 is 0.942 bits per heavy atom. The Hall–Kier alpha value is -7.13. The first-order chi connectivity index (χ1) is 33.6. The van der Waals surface area contributed by atoms with Crippen molar-refractivity contribution in [3.8, 4) is 45.3 Å². The molecule has 356 valence electrons. The van der Waals surface area contributed by atoms with Gasteiger partial charge in [0.05, 0.1) is 33.5 Å². The van der Waals surface area contributed by atoms with E-state index in [4.69, 9.17) is 37.9 Å². The van der Waals surface area contributed by atoms with Crippen LogP contribution in [0.4, 0.5) is 13.2 Å². The minimum atomic E-state index is -5.25. The minimum Gasteiger partial charge on any atom is -0.491 e. The second kappa shape index (κ2) is 20.2. The van der Waals surface area contributed by atoms with Crippen molar-refractivity contribution in [3.05, 3.63) is 156 Å². The third-order valence-electron chi connectivity index (χ3n) is 12.6. The van der Waals surface area contributed by atoms with E-state index in [0.717, 1.165) is 59.0 Å². The highest BCUT2D eigenvalue weighted by atomic mass is 19.4. The van der Waals surface area contributed by atoms with Crippen LogP contribution in [-0.2, 0) is 47.0 Å². The Bertz CT molecular complexity index is 2830. The zero-order valence-corrected chi connectivity index (χ0v) is 38.1. The summed E-state index contributed by atoms with van der Waals surface area (Å²) in [6, 6.07) is 41.3. The number of carbonyl (C=O) groups is 2. The highest BCUT2D eigenvalue weighted by Gasteiger charge is 2.64. The lowest BCUT2D eigenvalue weighted by Crippen LogP contribution is -2.65. The molecule has 0 fully saturated rings. The van der Waals surface area contributed by atoms with Gasteiger partial charge in [-0.25, -0.2) is 4.79 Å². The van der Waals surface area contributed by atoms with Crippen molar-refractivity contribution in [3.63, 3.8) is 0 Å². The van der Waals surface area contributed by atoms with Crippen molar-refractivity contribution in [1.82, 2.24) is 5.32 Å². The average Bonchev–Trinajstić information content (AvgIpc) is 3.50. The molecule has 7 aromatic rings. The lowest BCUT2D eigenvalue weighted by Gasteiger charge is -2.38. The lowest BCUT2D eigenvalue weighted by atomic mass is 9.84. The van der Waals surface area contributed by atoms with Gasteiger partial charge in [-0.2, -0.15) is 13.2 Å². The summed E-state index contributed by atoms with van der Waals surface area (Å²) in [6.45, 7) is 1.42. The summed E-state index contributed by atoms with van der Waals surface area (Å²) in [7, 11) is 1.93. The van der Waals surface area contributed by atoms with Crippen LogP contribution < -0.4 is 24.3 Å². The number of alkyl halides is 3. The number of hydrogen-bond acceptors (Lipinski definition) is 10. The SMILES string of the molecule is COC(=O)C1(NC(=O)[C@](OC)(c2ccccc2)C(F)(F)F)Cc2cccc3c2-c2c(cccc2OCCOCCOc2ccc4ccccc4c2-c2c(ccc4ccccc24)OCCOCCO3)C1. The number of nitrogens with one attached hydrogen (secondary N) is 1. The Balaban J connectivity index is 1.06. The average molecular weight is 942 g/mol. The van der Waals surface area contributed by atoms with Crippen molar-refractivity contribution >= 4 is 33.4 Å². The van der Waals surface area contributed by atoms with Gasteiger partial charge in [-0.05, 0) is 56.9 Å². The number of rotatable bonds is 5. The number of benzene rings is 7. The number of ether oxygens (including phenoxy) is 8. The van der Waals surface area contributed by atoms with E-state index in [2.05, 4.69) is 29.6 Å². The summed E-state index contributed by atoms with van der Waals surface area (Å²) < 4.78 is 94.3. The van der Waals surface area contributed by atoms with Crippen LogP contribution in [0.3, 0.4) is 0 Å². The highest BCUT2D eigenvalue weighted by Crippen LogP contribution is 2.49. The number of esters is 1. The number of fused-ring (bicyclic) bond motifs is 7. The molecular weight excluding hydrogens is 892 g/mol. The molecule has 0 radical (unpaired) electrons. The molecule has 1 aliphatic heterocycles. The summed E-state index contributed by atoms with van der Waals surface area (Å²) in [4.78, 5) is 28.6. The van der Waals surface area contributed by atoms with Crippen LogP contribution in [-0.4, -0.2) is 90.7 Å². The number of hydrogen-bond donors (Lipinski definition) is 1. The van der Waals surface area contributed by atoms with Crippen molar-refractivity contribution in [2.24, 2.45) is 0 Å². The number of carbonyl (C=O) groups excluding carboxylic acids is 2. The predicted octanol–water partition coefficient (Wildman–Crippen LogP) is 9.82. The van der Waals surface area contributed by atoms with E-state index in [1.54, 1.807) is 36.4 Å². The fourth-order valence-electron chi connectivity index (χ4n) is 9.48. The summed E-state index contributed by atoms with van der Waals surface area (Å²) in [6.07, 6.45) is -5.82. The Labute approximate surface area is 396 Å². The monoisotopic (exact) mass is 941 g/mol. The van der Waals surface area contributed by atoms with E-state index in [9.17, 15) is 9.59 Å². The second-order valence-electron chi connectivity index (χ2n) is 16.6. The molecule has 0 saturated carbocycles. The molecule has 9 rings (SSSR count). The maximum Gasteiger partial charge on any atom is 0.430 e. The maximum atomic E-state index is 15.3. The van der Waals surface area contributed by atoms with Crippen molar-refractivity contribution in [2.45, 2.75) is 30.2 Å². The molecule has 0 bridgehead atoms. The molecule has 2 aliphatic rings. The summed E-state index contributed by atoms with van der Waals surface area (Å²) in [5.41, 5.74) is -2.24. The summed E-state index contributed by atoms with van der Waals surface area (Å²) in [5, 5.41) is 6.62. The molecule has 1 heterocycles. The van der Waals surface area contributed by atoms with Gasteiger partial charge in [0.1, 0.15) is 55.0 Å². The van der Waals surface area contributed by atoms with Crippen molar-refractivity contribution < 1.29 is 60.7 Å². The molecule has 0 unspecified atom stereocenters. The fraction of sp³-hybridized carbons (Fsp3) is 0.273. The van der Waals surface area contributed by atoms with Crippen LogP contribution in [0.1, 0.15) is 16.7 Å². The van der Waals surface area contributed by atoms with Gasteiger partial charge in [0.25, 0.3) is 11.5 Å². The maximum absolute atomic E-state index is 15.3. The van der Waals surface area contributed by atoms with E-state index in [-0.39, 0.29) is 65.7 Å². The van der Waals surface area contributed by atoms with Crippen LogP contribution in [0, 0.1) is 0 Å². The van der Waals surface area contributed by atoms with Gasteiger partial charge < -0.3 is 43.2 Å². The standard InChI is InChI=1S/C55H50F3NO10/c1-62-52(61)53(59-51(60)54(63-2,55(56,57)58)40-16-4-3-5-17-40)34-38-14-10-20-43-47(38)48-39(35-53)15-11-21-44(48)67-31-27-65-29-33-69-46-25-23-37-13-7-9-19-42(37)50(46)49-41-18-8-6-12-36(41)22-24-45(49)68-32-28-64-26-30-66-43/h3-25H,26-35H2,1-2H3,(H,59,60)/t54-/m1/s1. The van der Waals surface area contributed by atoms with Crippen molar-refractivity contribution in [2.75, 3.05) is 67.1 Å². The molecule has 0 spiro atoms. The van der Waals surface area contributed by atoms with Gasteiger partial charge in [-0.1, -0.05) is 115 Å². The van der Waals surface area contributed by atoms with E-state index < -0.39 is 34.8 Å². The largest absolute Gasteiger partial charge is 0.491 e. The highest BCUT2D eigenvalue weighted by molar-refractivity contribution is 6.09. The summed E-state index contributed by atoms with van der Waals surface area (Å²) in [5.74, 6) is -0.441. The first kappa shape index (κ1) is 47.0. The molecule has 1 atom stereocenters. The quantitative estimate of drug-likeness (QED) is 0.167.